The van der Waals surface area contributed by atoms with Gasteiger partial charge in [0.25, 0.3) is 5.91 Å². The average molecular weight is 391 g/mol. The van der Waals surface area contributed by atoms with Crippen LogP contribution in [0.15, 0.2) is 66.2 Å². The number of hydrogen-bond acceptors (Lipinski definition) is 6. The first kappa shape index (κ1) is 18.5. The predicted molar refractivity (Wildman–Crippen MR) is 106 cm³/mol. The summed E-state index contributed by atoms with van der Waals surface area (Å²) in [5, 5.41) is 0. The SMILES string of the molecule is COc1ccc(C2(c3ccc(F)c(-c4cncnc4)c3)N=C(N)N(C)C2=O)cc1. The number of halogens is 1. The van der Waals surface area contributed by atoms with Gasteiger partial charge in [0, 0.05) is 30.6 Å². The molecule has 1 unspecified atom stereocenters. The molecular formula is C21H18FN5O2. The summed E-state index contributed by atoms with van der Waals surface area (Å²) < 4.78 is 19.8. The van der Waals surface area contributed by atoms with E-state index in [1.807, 2.05) is 0 Å². The molecule has 8 heteroatoms. The van der Waals surface area contributed by atoms with E-state index in [2.05, 4.69) is 15.0 Å². The number of rotatable bonds is 4. The lowest BCUT2D eigenvalue weighted by atomic mass is 9.81. The molecule has 146 valence electrons. The largest absolute Gasteiger partial charge is 0.497 e. The van der Waals surface area contributed by atoms with Gasteiger partial charge in [-0.15, -0.1) is 0 Å². The number of carbonyl (C=O) groups is 1. The van der Waals surface area contributed by atoms with E-state index in [1.165, 1.54) is 29.7 Å². The number of methoxy groups -OCH3 is 1. The van der Waals surface area contributed by atoms with Crippen molar-refractivity contribution in [1.82, 2.24) is 14.9 Å². The van der Waals surface area contributed by atoms with Crippen molar-refractivity contribution < 1.29 is 13.9 Å². The summed E-state index contributed by atoms with van der Waals surface area (Å²) >= 11 is 0. The molecule has 3 aromatic rings. The number of aromatic nitrogens is 2. The van der Waals surface area contributed by atoms with Gasteiger partial charge in [-0.25, -0.2) is 19.4 Å². The molecule has 29 heavy (non-hydrogen) atoms. The zero-order valence-corrected chi connectivity index (χ0v) is 15.8. The first-order valence-electron chi connectivity index (χ1n) is 8.81. The quantitative estimate of drug-likeness (QED) is 0.737. The number of nitrogens with two attached hydrogens (primary N) is 1. The predicted octanol–water partition coefficient (Wildman–Crippen LogP) is 2.32. The first-order valence-corrected chi connectivity index (χ1v) is 8.81. The fourth-order valence-electron chi connectivity index (χ4n) is 3.43. The minimum atomic E-state index is -1.43. The highest BCUT2D eigenvalue weighted by Crippen LogP contribution is 2.41. The van der Waals surface area contributed by atoms with Gasteiger partial charge in [-0.3, -0.25) is 9.69 Å². The van der Waals surface area contributed by atoms with Crippen molar-refractivity contribution in [1.29, 1.82) is 0 Å². The molecule has 0 fully saturated rings. The maximum Gasteiger partial charge on any atom is 0.266 e. The third-order valence-corrected chi connectivity index (χ3v) is 5.00. The standard InChI is InChI=1S/C21H18FN5O2/c1-27-19(28)21(26-20(27)23,14-3-6-16(29-2)7-4-14)15-5-8-18(22)17(9-15)13-10-24-12-25-11-13/h3-12H,1-2H3,(H2,23,26). The molecule has 1 aromatic heterocycles. The number of ether oxygens (including phenoxy) is 1. The van der Waals surface area contributed by atoms with E-state index in [4.69, 9.17) is 10.5 Å². The van der Waals surface area contributed by atoms with E-state index in [9.17, 15) is 9.18 Å². The fraction of sp³-hybridized carbons (Fsp3) is 0.143. The van der Waals surface area contributed by atoms with E-state index in [0.717, 1.165) is 0 Å². The number of likely N-dealkylation sites (N-methyl/N-ethyl adjacent to an activating group) is 1. The summed E-state index contributed by atoms with van der Waals surface area (Å²) in [7, 11) is 3.12. The molecule has 1 atom stereocenters. The third kappa shape index (κ3) is 2.89. The maximum atomic E-state index is 14.6. The number of aliphatic imine (C=N–C) groups is 1. The van der Waals surface area contributed by atoms with Crippen LogP contribution in [0.4, 0.5) is 4.39 Å². The number of benzene rings is 2. The van der Waals surface area contributed by atoms with Crippen LogP contribution < -0.4 is 10.5 Å². The summed E-state index contributed by atoms with van der Waals surface area (Å²) in [6.07, 6.45) is 4.38. The Morgan fingerprint density at radius 1 is 1.07 bits per heavy atom. The van der Waals surface area contributed by atoms with Crippen molar-refractivity contribution in [2.24, 2.45) is 10.7 Å². The van der Waals surface area contributed by atoms with E-state index in [0.29, 0.717) is 22.4 Å². The number of carbonyl (C=O) groups excluding carboxylic acids is 1. The highest BCUT2D eigenvalue weighted by Gasteiger charge is 2.49. The molecule has 2 N–H and O–H groups in total. The molecule has 0 spiro atoms. The zero-order valence-electron chi connectivity index (χ0n) is 15.8. The number of nitrogens with zero attached hydrogens (tertiary/aromatic N) is 4. The summed E-state index contributed by atoms with van der Waals surface area (Å²) in [6, 6.07) is 11.4. The van der Waals surface area contributed by atoms with Crippen LogP contribution in [0.2, 0.25) is 0 Å². The van der Waals surface area contributed by atoms with Gasteiger partial charge in [0.1, 0.15) is 17.9 Å². The first-order chi connectivity index (χ1) is 14.0. The van der Waals surface area contributed by atoms with Crippen molar-refractivity contribution >= 4 is 11.9 Å². The van der Waals surface area contributed by atoms with Crippen LogP contribution in [0, 0.1) is 5.82 Å². The molecule has 4 rings (SSSR count). The van der Waals surface area contributed by atoms with Crippen molar-refractivity contribution in [3.63, 3.8) is 0 Å². The molecule has 0 radical (unpaired) electrons. The lowest BCUT2D eigenvalue weighted by Crippen LogP contribution is -2.41. The Balaban J connectivity index is 1.95. The molecule has 2 heterocycles. The number of hydrogen-bond donors (Lipinski definition) is 1. The molecule has 0 saturated carbocycles. The van der Waals surface area contributed by atoms with Crippen LogP contribution in [-0.2, 0) is 10.3 Å². The maximum absolute atomic E-state index is 14.6. The Bertz CT molecular complexity index is 1100. The Hall–Kier alpha value is -3.81. The molecule has 2 aromatic carbocycles. The van der Waals surface area contributed by atoms with Gasteiger partial charge in [-0.05, 0) is 35.4 Å². The Labute approximate surface area is 166 Å². The summed E-state index contributed by atoms with van der Waals surface area (Å²) in [5.41, 5.74) is 6.41. The summed E-state index contributed by atoms with van der Waals surface area (Å²) in [5.74, 6) is -0.0631. The second kappa shape index (κ2) is 6.97. The lowest BCUT2D eigenvalue weighted by molar-refractivity contribution is -0.129. The van der Waals surface area contributed by atoms with Crippen molar-refractivity contribution in [2.75, 3.05) is 14.2 Å². The Kier molecular flexibility index (Phi) is 4.46. The van der Waals surface area contributed by atoms with Gasteiger partial charge >= 0.3 is 0 Å². The lowest BCUT2D eigenvalue weighted by Gasteiger charge is -2.26. The van der Waals surface area contributed by atoms with E-state index >= 15 is 0 Å². The third-order valence-electron chi connectivity index (χ3n) is 5.00. The molecule has 0 bridgehead atoms. The monoisotopic (exact) mass is 391 g/mol. The van der Waals surface area contributed by atoms with Gasteiger partial charge in [-0.2, -0.15) is 0 Å². The Morgan fingerprint density at radius 3 is 2.31 bits per heavy atom. The van der Waals surface area contributed by atoms with Gasteiger partial charge in [0.15, 0.2) is 11.5 Å². The molecular weight excluding hydrogens is 373 g/mol. The number of amides is 1. The van der Waals surface area contributed by atoms with Crippen LogP contribution in [0.3, 0.4) is 0 Å². The highest BCUT2D eigenvalue weighted by molar-refractivity contribution is 6.09. The highest BCUT2D eigenvalue weighted by atomic mass is 19.1. The normalized spacial score (nSPS) is 18.7. The van der Waals surface area contributed by atoms with Crippen molar-refractivity contribution in [2.45, 2.75) is 5.54 Å². The van der Waals surface area contributed by atoms with Gasteiger partial charge in [0.05, 0.1) is 7.11 Å². The van der Waals surface area contributed by atoms with Crippen LogP contribution in [-0.4, -0.2) is 40.9 Å². The Morgan fingerprint density at radius 2 is 1.72 bits per heavy atom. The smallest absolute Gasteiger partial charge is 0.266 e. The molecule has 1 amide bonds. The van der Waals surface area contributed by atoms with Crippen molar-refractivity contribution in [3.05, 3.63) is 78.1 Å². The van der Waals surface area contributed by atoms with Crippen LogP contribution in [0.25, 0.3) is 11.1 Å². The average Bonchev–Trinajstić information content (AvgIpc) is 2.99. The van der Waals surface area contributed by atoms with Crippen LogP contribution >= 0.6 is 0 Å². The topological polar surface area (TPSA) is 93.7 Å². The van der Waals surface area contributed by atoms with Gasteiger partial charge in [-0.1, -0.05) is 18.2 Å². The van der Waals surface area contributed by atoms with E-state index < -0.39 is 11.4 Å². The molecule has 0 saturated heterocycles. The molecule has 1 aliphatic heterocycles. The number of guanidine groups is 1. The van der Waals surface area contributed by atoms with Crippen LogP contribution in [0.5, 0.6) is 5.75 Å². The second-order valence-electron chi connectivity index (χ2n) is 6.59. The van der Waals surface area contributed by atoms with E-state index in [-0.39, 0.29) is 17.4 Å². The van der Waals surface area contributed by atoms with E-state index in [1.54, 1.807) is 50.6 Å². The minimum absolute atomic E-state index is 0.0831. The molecule has 7 nitrogen and oxygen atoms in total. The van der Waals surface area contributed by atoms with Crippen molar-refractivity contribution in [3.8, 4) is 16.9 Å². The fourth-order valence-corrected chi connectivity index (χ4v) is 3.43. The molecule has 0 aliphatic carbocycles. The summed E-state index contributed by atoms with van der Waals surface area (Å²) in [4.78, 5) is 27.0. The molecule has 1 aliphatic rings. The van der Waals surface area contributed by atoms with Crippen LogP contribution in [0.1, 0.15) is 11.1 Å². The second-order valence-corrected chi connectivity index (χ2v) is 6.59. The van der Waals surface area contributed by atoms with Gasteiger partial charge < -0.3 is 10.5 Å². The zero-order chi connectivity index (χ0) is 20.6. The summed E-state index contributed by atoms with van der Waals surface area (Å²) in [6.45, 7) is 0. The minimum Gasteiger partial charge on any atom is -0.497 e. The van der Waals surface area contributed by atoms with Gasteiger partial charge in [0.2, 0.25) is 0 Å².